The standard InChI is InChI=1S/C27H34N2O5/c1-5-17-34-21-13-11-19(12-14-21)24-23(25(30)20-9-7-10-22(18-20)33-6-2)26(31)27(32)29(24)16-8-15-28(3)4/h7,9-14,18,24,30H,5-6,8,15-17H2,1-4H3/b25-23+. The van der Waals surface area contributed by atoms with Crippen LogP contribution in [-0.4, -0.2) is 67.0 Å². The van der Waals surface area contributed by atoms with Gasteiger partial charge in [0.2, 0.25) is 0 Å². The molecule has 1 saturated heterocycles. The number of ether oxygens (including phenoxy) is 2. The molecule has 1 heterocycles. The first-order valence-corrected chi connectivity index (χ1v) is 11.8. The number of nitrogens with zero attached hydrogens (tertiary/aromatic N) is 2. The molecule has 1 N–H and O–H groups in total. The fraction of sp³-hybridized carbons (Fsp3) is 0.407. The number of rotatable bonds is 11. The number of hydrogen-bond acceptors (Lipinski definition) is 6. The van der Waals surface area contributed by atoms with Gasteiger partial charge in [-0.15, -0.1) is 0 Å². The molecule has 0 spiro atoms. The minimum absolute atomic E-state index is 0.0886. The van der Waals surface area contributed by atoms with Crippen molar-refractivity contribution in [2.24, 2.45) is 0 Å². The molecule has 1 aliphatic heterocycles. The van der Waals surface area contributed by atoms with E-state index in [0.717, 1.165) is 24.3 Å². The van der Waals surface area contributed by atoms with Gasteiger partial charge in [0, 0.05) is 12.1 Å². The Labute approximate surface area is 201 Å². The maximum atomic E-state index is 13.2. The molecule has 0 radical (unpaired) electrons. The van der Waals surface area contributed by atoms with E-state index in [0.29, 0.717) is 37.5 Å². The molecule has 2 aromatic carbocycles. The second-order valence-corrected chi connectivity index (χ2v) is 8.53. The average molecular weight is 467 g/mol. The van der Waals surface area contributed by atoms with Crippen LogP contribution < -0.4 is 9.47 Å². The number of carbonyl (C=O) groups excluding carboxylic acids is 2. The summed E-state index contributed by atoms with van der Waals surface area (Å²) in [5.74, 6) is -0.176. The van der Waals surface area contributed by atoms with Gasteiger partial charge in [-0.2, -0.15) is 0 Å². The van der Waals surface area contributed by atoms with Gasteiger partial charge in [0.15, 0.2) is 0 Å². The van der Waals surface area contributed by atoms with Crippen LogP contribution in [0.5, 0.6) is 11.5 Å². The van der Waals surface area contributed by atoms with Gasteiger partial charge in [-0.25, -0.2) is 0 Å². The van der Waals surface area contributed by atoms with Gasteiger partial charge in [-0.1, -0.05) is 31.2 Å². The summed E-state index contributed by atoms with van der Waals surface area (Å²) in [7, 11) is 3.93. The highest BCUT2D eigenvalue weighted by molar-refractivity contribution is 6.46. The molecule has 34 heavy (non-hydrogen) atoms. The van der Waals surface area contributed by atoms with E-state index in [9.17, 15) is 14.7 Å². The molecule has 1 amide bonds. The Bertz CT molecular complexity index is 1030. The molecule has 0 aliphatic carbocycles. The number of benzene rings is 2. The van der Waals surface area contributed by atoms with E-state index < -0.39 is 17.7 Å². The lowest BCUT2D eigenvalue weighted by molar-refractivity contribution is -0.139. The number of aliphatic hydroxyl groups excluding tert-OH is 1. The predicted octanol–water partition coefficient (Wildman–Crippen LogP) is 4.25. The van der Waals surface area contributed by atoms with Crippen molar-refractivity contribution in [3.8, 4) is 11.5 Å². The zero-order valence-electron chi connectivity index (χ0n) is 20.4. The van der Waals surface area contributed by atoms with Gasteiger partial charge in [0.25, 0.3) is 11.7 Å². The second-order valence-electron chi connectivity index (χ2n) is 8.53. The van der Waals surface area contributed by atoms with Crippen molar-refractivity contribution in [1.82, 2.24) is 9.80 Å². The number of hydrogen-bond donors (Lipinski definition) is 1. The molecule has 1 fully saturated rings. The summed E-state index contributed by atoms with van der Waals surface area (Å²) in [5, 5.41) is 11.2. The summed E-state index contributed by atoms with van der Waals surface area (Å²) in [5.41, 5.74) is 1.27. The second kappa shape index (κ2) is 11.7. The van der Waals surface area contributed by atoms with E-state index in [-0.39, 0.29) is 11.3 Å². The Morgan fingerprint density at radius 3 is 2.41 bits per heavy atom. The molecule has 7 nitrogen and oxygen atoms in total. The zero-order valence-corrected chi connectivity index (χ0v) is 20.4. The van der Waals surface area contributed by atoms with Crippen molar-refractivity contribution in [1.29, 1.82) is 0 Å². The van der Waals surface area contributed by atoms with E-state index in [4.69, 9.17) is 9.47 Å². The Morgan fingerprint density at radius 1 is 1.03 bits per heavy atom. The normalized spacial score (nSPS) is 17.4. The van der Waals surface area contributed by atoms with E-state index >= 15 is 0 Å². The van der Waals surface area contributed by atoms with Crippen molar-refractivity contribution >= 4 is 17.4 Å². The van der Waals surface area contributed by atoms with Crippen molar-refractivity contribution in [3.63, 3.8) is 0 Å². The van der Waals surface area contributed by atoms with E-state index in [2.05, 4.69) is 0 Å². The van der Waals surface area contributed by atoms with Crippen molar-refractivity contribution in [2.75, 3.05) is 40.4 Å². The van der Waals surface area contributed by atoms with Crippen LogP contribution in [0.2, 0.25) is 0 Å². The molecule has 0 bridgehead atoms. The first-order valence-electron chi connectivity index (χ1n) is 11.8. The lowest BCUT2D eigenvalue weighted by Crippen LogP contribution is -2.32. The molecule has 0 aromatic heterocycles. The SMILES string of the molecule is CCCOc1ccc(C2/C(=C(\O)c3cccc(OCC)c3)C(=O)C(=O)N2CCCN(C)C)cc1. The molecule has 3 rings (SSSR count). The Hall–Kier alpha value is -3.32. The highest BCUT2D eigenvalue weighted by Crippen LogP contribution is 2.40. The Kier molecular flexibility index (Phi) is 8.71. The molecule has 2 aromatic rings. The molecule has 7 heteroatoms. The van der Waals surface area contributed by atoms with Gasteiger partial charge >= 0.3 is 0 Å². The first kappa shape index (κ1) is 25.3. The molecular formula is C27H34N2O5. The number of Topliss-reactive ketones (excluding diaryl/α,β-unsaturated/α-hetero) is 1. The number of likely N-dealkylation sites (tertiary alicyclic amines) is 1. The van der Waals surface area contributed by atoms with Crippen LogP contribution in [-0.2, 0) is 9.59 Å². The van der Waals surface area contributed by atoms with Gasteiger partial charge in [-0.05, 0) is 70.2 Å². The summed E-state index contributed by atoms with van der Waals surface area (Å²) in [6.07, 6.45) is 1.60. The third-order valence-electron chi connectivity index (χ3n) is 5.63. The molecule has 1 atom stereocenters. The summed E-state index contributed by atoms with van der Waals surface area (Å²) in [6.45, 7) is 6.18. The van der Waals surface area contributed by atoms with Crippen LogP contribution in [0.15, 0.2) is 54.1 Å². The maximum Gasteiger partial charge on any atom is 0.295 e. The largest absolute Gasteiger partial charge is 0.507 e. The van der Waals surface area contributed by atoms with Crippen LogP contribution in [0.4, 0.5) is 0 Å². The molecule has 182 valence electrons. The van der Waals surface area contributed by atoms with Crippen molar-refractivity contribution in [3.05, 3.63) is 65.2 Å². The molecular weight excluding hydrogens is 432 g/mol. The predicted molar refractivity (Wildman–Crippen MR) is 132 cm³/mol. The monoisotopic (exact) mass is 466 g/mol. The van der Waals surface area contributed by atoms with Crippen molar-refractivity contribution in [2.45, 2.75) is 32.7 Å². The topological polar surface area (TPSA) is 79.3 Å². The lowest BCUT2D eigenvalue weighted by Gasteiger charge is -2.26. The first-order chi connectivity index (χ1) is 16.4. The zero-order chi connectivity index (χ0) is 24.7. The van der Waals surface area contributed by atoms with Gasteiger partial charge in [-0.3, -0.25) is 9.59 Å². The average Bonchev–Trinajstić information content (AvgIpc) is 3.08. The Balaban J connectivity index is 2.04. The molecule has 1 unspecified atom stereocenters. The number of aliphatic hydroxyl groups is 1. The van der Waals surface area contributed by atoms with Crippen LogP contribution in [0.25, 0.3) is 5.76 Å². The fourth-order valence-electron chi connectivity index (χ4n) is 4.04. The maximum absolute atomic E-state index is 13.2. The van der Waals surface area contributed by atoms with E-state index in [1.165, 1.54) is 0 Å². The smallest absolute Gasteiger partial charge is 0.295 e. The van der Waals surface area contributed by atoms with E-state index in [1.54, 1.807) is 29.2 Å². The number of ketones is 1. The van der Waals surface area contributed by atoms with Gasteiger partial charge in [0.1, 0.15) is 17.3 Å². The van der Waals surface area contributed by atoms with Crippen LogP contribution in [0.1, 0.15) is 43.9 Å². The Morgan fingerprint density at radius 2 is 1.76 bits per heavy atom. The van der Waals surface area contributed by atoms with Crippen LogP contribution in [0.3, 0.4) is 0 Å². The number of carbonyl (C=O) groups is 2. The summed E-state index contributed by atoms with van der Waals surface area (Å²) < 4.78 is 11.2. The summed E-state index contributed by atoms with van der Waals surface area (Å²) >= 11 is 0. The minimum atomic E-state index is -0.682. The minimum Gasteiger partial charge on any atom is -0.507 e. The third kappa shape index (κ3) is 5.78. The van der Waals surface area contributed by atoms with Gasteiger partial charge < -0.3 is 24.4 Å². The summed E-state index contributed by atoms with van der Waals surface area (Å²) in [6, 6.07) is 13.6. The lowest BCUT2D eigenvalue weighted by atomic mass is 9.95. The van der Waals surface area contributed by atoms with E-state index in [1.807, 2.05) is 57.1 Å². The molecule has 0 saturated carbocycles. The van der Waals surface area contributed by atoms with Crippen LogP contribution in [0, 0.1) is 0 Å². The highest BCUT2D eigenvalue weighted by atomic mass is 16.5. The third-order valence-corrected chi connectivity index (χ3v) is 5.63. The van der Waals surface area contributed by atoms with Crippen molar-refractivity contribution < 1.29 is 24.2 Å². The van der Waals surface area contributed by atoms with Gasteiger partial charge in [0.05, 0.1) is 24.8 Å². The quantitative estimate of drug-likeness (QED) is 0.303. The fourth-order valence-corrected chi connectivity index (χ4v) is 4.04. The summed E-state index contributed by atoms with van der Waals surface area (Å²) in [4.78, 5) is 29.8. The number of amides is 1. The van der Waals surface area contributed by atoms with Crippen LogP contribution >= 0.6 is 0 Å². The molecule has 1 aliphatic rings. The highest BCUT2D eigenvalue weighted by Gasteiger charge is 2.45.